The van der Waals surface area contributed by atoms with Crippen molar-refractivity contribution >= 4 is 38.7 Å². The van der Waals surface area contributed by atoms with Crippen LogP contribution in [-0.4, -0.2) is 25.2 Å². The average Bonchev–Trinajstić information content (AvgIpc) is 3.35. The minimum absolute atomic E-state index is 0.264. The van der Waals surface area contributed by atoms with Crippen molar-refractivity contribution < 1.29 is 9.18 Å². The molecule has 6 nitrogen and oxygen atoms in total. The van der Waals surface area contributed by atoms with Gasteiger partial charge in [-0.3, -0.25) is 4.79 Å². The first-order valence-corrected chi connectivity index (χ1v) is 11.1. The number of rotatable bonds is 5. The van der Waals surface area contributed by atoms with Crippen molar-refractivity contribution in [3.8, 4) is 5.95 Å². The molecule has 0 saturated heterocycles. The second-order valence-electron chi connectivity index (χ2n) is 7.63. The van der Waals surface area contributed by atoms with E-state index in [4.69, 9.17) is 4.98 Å². The summed E-state index contributed by atoms with van der Waals surface area (Å²) < 4.78 is 18.8. The van der Waals surface area contributed by atoms with Crippen LogP contribution in [-0.2, 0) is 6.54 Å². The molecule has 0 fully saturated rings. The van der Waals surface area contributed by atoms with Gasteiger partial charge >= 0.3 is 0 Å². The number of nitrogens with zero attached hydrogens (tertiary/aromatic N) is 4. The number of anilines is 1. The van der Waals surface area contributed by atoms with E-state index in [1.54, 1.807) is 47.1 Å². The number of nitrogens with one attached hydrogen (secondary N) is 1. The van der Waals surface area contributed by atoms with E-state index in [0.717, 1.165) is 15.5 Å². The number of para-hydroxylation sites is 2. The molecular weight excluding hydrogens is 485 g/mol. The van der Waals surface area contributed by atoms with E-state index in [0.29, 0.717) is 28.6 Å². The van der Waals surface area contributed by atoms with E-state index < -0.39 is 0 Å². The Kier molecular flexibility index (Phi) is 5.51. The topological polar surface area (TPSA) is 64.7 Å². The summed E-state index contributed by atoms with van der Waals surface area (Å²) in [5, 5.41) is 7.51. The maximum absolute atomic E-state index is 14.5. The number of amides is 1. The molecule has 0 bridgehead atoms. The van der Waals surface area contributed by atoms with Crippen LogP contribution >= 0.6 is 15.9 Å². The van der Waals surface area contributed by atoms with E-state index >= 15 is 0 Å². The van der Waals surface area contributed by atoms with Gasteiger partial charge in [-0.25, -0.2) is 9.37 Å². The second kappa shape index (κ2) is 8.63. The lowest BCUT2D eigenvalue weighted by Gasteiger charge is -2.13. The molecule has 1 amide bonds. The molecule has 8 heteroatoms. The Morgan fingerprint density at radius 3 is 2.64 bits per heavy atom. The Hall–Kier alpha value is -3.78. The predicted octanol–water partition coefficient (Wildman–Crippen LogP) is 5.73. The van der Waals surface area contributed by atoms with Crippen LogP contribution in [0.3, 0.4) is 0 Å². The summed E-state index contributed by atoms with van der Waals surface area (Å²) in [7, 11) is 0. The number of aryl methyl sites for hydroxylation is 1. The highest BCUT2D eigenvalue weighted by Crippen LogP contribution is 2.25. The zero-order chi connectivity index (χ0) is 22.9. The van der Waals surface area contributed by atoms with E-state index in [1.165, 1.54) is 6.07 Å². The van der Waals surface area contributed by atoms with Crippen LogP contribution in [0, 0.1) is 12.7 Å². The Labute approximate surface area is 197 Å². The molecule has 0 atom stereocenters. The molecule has 3 aromatic carbocycles. The predicted molar refractivity (Wildman–Crippen MR) is 129 cm³/mol. The number of hydrogen-bond acceptors (Lipinski definition) is 3. The molecule has 0 aliphatic carbocycles. The lowest BCUT2D eigenvalue weighted by Crippen LogP contribution is -2.17. The van der Waals surface area contributed by atoms with E-state index in [1.807, 2.05) is 41.8 Å². The summed E-state index contributed by atoms with van der Waals surface area (Å²) in [5.74, 6) is 0.398. The zero-order valence-corrected chi connectivity index (χ0v) is 19.3. The number of halogens is 2. The highest BCUT2D eigenvalue weighted by molar-refractivity contribution is 9.10. The number of fused-ring (bicyclic) bond motifs is 1. The first-order valence-electron chi connectivity index (χ1n) is 10.3. The number of benzene rings is 3. The van der Waals surface area contributed by atoms with Gasteiger partial charge in [-0.05, 0) is 43.3 Å². The van der Waals surface area contributed by atoms with Crippen LogP contribution in [0.15, 0.2) is 83.3 Å². The Morgan fingerprint density at radius 2 is 1.82 bits per heavy atom. The maximum atomic E-state index is 14.5. The molecule has 33 heavy (non-hydrogen) atoms. The molecule has 5 rings (SSSR count). The van der Waals surface area contributed by atoms with Gasteiger partial charge in [0.15, 0.2) is 0 Å². The first kappa shape index (κ1) is 21.1. The van der Waals surface area contributed by atoms with Crippen LogP contribution in [0.4, 0.5) is 10.2 Å². The third kappa shape index (κ3) is 4.17. The van der Waals surface area contributed by atoms with Gasteiger partial charge in [0, 0.05) is 21.7 Å². The van der Waals surface area contributed by atoms with Crippen LogP contribution in [0.2, 0.25) is 0 Å². The van der Waals surface area contributed by atoms with Gasteiger partial charge in [-0.2, -0.15) is 9.78 Å². The zero-order valence-electron chi connectivity index (χ0n) is 17.7. The summed E-state index contributed by atoms with van der Waals surface area (Å²) in [4.78, 5) is 17.7. The van der Waals surface area contributed by atoms with E-state index in [-0.39, 0.29) is 18.3 Å². The Morgan fingerprint density at radius 1 is 1.03 bits per heavy atom. The fourth-order valence-corrected chi connectivity index (χ4v) is 4.14. The lowest BCUT2D eigenvalue weighted by molar-refractivity contribution is 0.102. The number of imidazole rings is 1. The molecule has 1 N–H and O–H groups in total. The average molecular weight is 504 g/mol. The van der Waals surface area contributed by atoms with Crippen molar-refractivity contribution in [2.24, 2.45) is 0 Å². The maximum Gasteiger partial charge on any atom is 0.256 e. The fraction of sp³-hybridized carbons (Fsp3) is 0.0800. The largest absolute Gasteiger partial charge is 0.306 e. The lowest BCUT2D eigenvalue weighted by atomic mass is 10.2. The summed E-state index contributed by atoms with van der Waals surface area (Å²) in [5.41, 5.74) is 3.35. The van der Waals surface area contributed by atoms with Gasteiger partial charge in [0.25, 0.3) is 5.91 Å². The van der Waals surface area contributed by atoms with E-state index in [2.05, 4.69) is 26.3 Å². The van der Waals surface area contributed by atoms with Gasteiger partial charge in [-0.15, -0.1) is 0 Å². The smallest absolute Gasteiger partial charge is 0.256 e. The molecule has 5 aromatic rings. The highest BCUT2D eigenvalue weighted by atomic mass is 79.9. The SMILES string of the molecule is Cc1cc(NC(=O)c2cccc(Br)c2)n(-c2nc3ccccc3n2Cc2ccccc2F)n1. The van der Waals surface area contributed by atoms with Crippen molar-refractivity contribution in [2.75, 3.05) is 5.32 Å². The minimum atomic E-state index is -0.291. The molecular formula is C25H19BrFN5O. The molecule has 0 saturated carbocycles. The Bertz CT molecular complexity index is 1490. The van der Waals surface area contributed by atoms with Crippen molar-refractivity contribution in [3.63, 3.8) is 0 Å². The Balaban J connectivity index is 1.60. The summed E-state index contributed by atoms with van der Waals surface area (Å²) in [6.45, 7) is 2.11. The third-order valence-corrected chi connectivity index (χ3v) is 5.76. The number of aromatic nitrogens is 4. The van der Waals surface area contributed by atoms with Gasteiger partial charge in [-0.1, -0.05) is 52.3 Å². The quantitative estimate of drug-likeness (QED) is 0.333. The standard InChI is InChI=1S/C25H19BrFN5O/c1-16-13-23(29-24(33)17-8-6-9-19(26)14-17)32(30-16)25-28-21-11-4-5-12-22(21)31(25)15-18-7-2-3-10-20(18)27/h2-14H,15H2,1H3,(H,29,33). The van der Waals surface area contributed by atoms with Gasteiger partial charge in [0.1, 0.15) is 11.6 Å². The van der Waals surface area contributed by atoms with Crippen LogP contribution in [0.5, 0.6) is 0 Å². The minimum Gasteiger partial charge on any atom is -0.306 e. The second-order valence-corrected chi connectivity index (χ2v) is 8.54. The first-order chi connectivity index (χ1) is 16.0. The van der Waals surface area contributed by atoms with Gasteiger partial charge in [0.2, 0.25) is 5.95 Å². The van der Waals surface area contributed by atoms with Crippen molar-refractivity contribution in [3.05, 3.63) is 106 Å². The number of hydrogen-bond donors (Lipinski definition) is 1. The van der Waals surface area contributed by atoms with Crippen LogP contribution in [0.1, 0.15) is 21.6 Å². The third-order valence-electron chi connectivity index (χ3n) is 5.27. The summed E-state index contributed by atoms with van der Waals surface area (Å²) in [6.07, 6.45) is 0. The normalized spacial score (nSPS) is 11.1. The van der Waals surface area contributed by atoms with Crippen LogP contribution < -0.4 is 5.32 Å². The molecule has 0 radical (unpaired) electrons. The van der Waals surface area contributed by atoms with E-state index in [9.17, 15) is 9.18 Å². The van der Waals surface area contributed by atoms with Crippen molar-refractivity contribution in [2.45, 2.75) is 13.5 Å². The van der Waals surface area contributed by atoms with Crippen molar-refractivity contribution in [1.82, 2.24) is 19.3 Å². The fourth-order valence-electron chi connectivity index (χ4n) is 3.74. The molecule has 2 aromatic heterocycles. The molecule has 0 unspecified atom stereocenters. The molecule has 0 aliphatic heterocycles. The number of carbonyl (C=O) groups is 1. The van der Waals surface area contributed by atoms with Gasteiger partial charge < -0.3 is 9.88 Å². The molecule has 2 heterocycles. The molecule has 0 spiro atoms. The molecule has 164 valence electrons. The monoisotopic (exact) mass is 503 g/mol. The van der Waals surface area contributed by atoms with Crippen LogP contribution in [0.25, 0.3) is 17.0 Å². The highest BCUT2D eigenvalue weighted by Gasteiger charge is 2.19. The van der Waals surface area contributed by atoms with Gasteiger partial charge in [0.05, 0.1) is 23.3 Å². The summed E-state index contributed by atoms with van der Waals surface area (Å²) >= 11 is 3.40. The number of carbonyl (C=O) groups excluding carboxylic acids is 1. The summed E-state index contributed by atoms with van der Waals surface area (Å²) in [6, 6.07) is 23.2. The molecule has 0 aliphatic rings. The van der Waals surface area contributed by atoms with Crippen molar-refractivity contribution in [1.29, 1.82) is 0 Å².